The summed E-state index contributed by atoms with van der Waals surface area (Å²) in [7, 11) is 0. The Hall–Kier alpha value is -2.57. The third kappa shape index (κ3) is 5.08. The van der Waals surface area contributed by atoms with Crippen molar-refractivity contribution in [3.8, 4) is 0 Å². The molecule has 0 unspecified atom stereocenters. The molecule has 0 saturated heterocycles. The van der Waals surface area contributed by atoms with Crippen molar-refractivity contribution in [1.82, 2.24) is 5.32 Å². The number of carbonyl (C=O) groups excluding carboxylic acids is 3. The summed E-state index contributed by atoms with van der Waals surface area (Å²) in [6, 6.07) is 2.38. The molecule has 1 heterocycles. The summed E-state index contributed by atoms with van der Waals surface area (Å²) in [6.07, 6.45) is 2.90. The van der Waals surface area contributed by atoms with E-state index in [0.29, 0.717) is 6.42 Å². The Bertz CT molecular complexity index is 537. The zero-order valence-electron chi connectivity index (χ0n) is 12.7. The first-order chi connectivity index (χ1) is 10.3. The highest BCUT2D eigenvalue weighted by atomic mass is 16.3. The maximum atomic E-state index is 12.1. The lowest BCUT2D eigenvalue weighted by atomic mass is 10.0. The predicted octanol–water partition coefficient (Wildman–Crippen LogP) is 0.815. The number of primary amides is 1. The highest BCUT2D eigenvalue weighted by Gasteiger charge is 2.23. The molecule has 3 N–H and O–H groups in total. The summed E-state index contributed by atoms with van der Waals surface area (Å²) in [6.45, 7) is 6.93. The van der Waals surface area contributed by atoms with Crippen molar-refractivity contribution >= 4 is 23.6 Å². The summed E-state index contributed by atoms with van der Waals surface area (Å²) < 4.78 is 5.12. The minimum absolute atomic E-state index is 0.189. The second-order valence-corrected chi connectivity index (χ2v) is 5.23. The van der Waals surface area contributed by atoms with Gasteiger partial charge in [0.1, 0.15) is 12.6 Å². The maximum Gasteiger partial charge on any atom is 0.253 e. The number of hydrogen-bond acceptors (Lipinski definition) is 4. The van der Waals surface area contributed by atoms with Crippen LogP contribution in [-0.4, -0.2) is 30.3 Å². The second kappa shape index (κ2) is 8.02. The minimum atomic E-state index is -0.773. The molecule has 0 aliphatic carbocycles. The van der Waals surface area contributed by atoms with Crippen molar-refractivity contribution in [3.05, 3.63) is 31.1 Å². The summed E-state index contributed by atoms with van der Waals surface area (Å²) in [5.74, 6) is -1.18. The van der Waals surface area contributed by atoms with Crippen molar-refractivity contribution in [3.63, 3.8) is 0 Å². The van der Waals surface area contributed by atoms with Crippen LogP contribution in [0.3, 0.4) is 0 Å². The lowest BCUT2D eigenvalue weighted by molar-refractivity contribution is -0.127. The predicted molar refractivity (Wildman–Crippen MR) is 81.8 cm³/mol. The largest absolute Gasteiger partial charge is 0.448 e. The van der Waals surface area contributed by atoms with Gasteiger partial charge in [-0.1, -0.05) is 20.4 Å². The first kappa shape index (κ1) is 17.5. The van der Waals surface area contributed by atoms with Gasteiger partial charge in [-0.05, 0) is 24.5 Å². The van der Waals surface area contributed by atoms with Crippen LogP contribution in [0.15, 0.2) is 35.5 Å². The van der Waals surface area contributed by atoms with Gasteiger partial charge in [0.05, 0.1) is 6.26 Å². The number of nitrogens with zero attached hydrogens (tertiary/aromatic N) is 1. The number of furan rings is 1. The highest BCUT2D eigenvalue weighted by molar-refractivity contribution is 6.04. The number of nitrogens with one attached hydrogen (secondary N) is 1. The van der Waals surface area contributed by atoms with Crippen LogP contribution in [0.4, 0.5) is 5.88 Å². The minimum Gasteiger partial charge on any atom is -0.448 e. The van der Waals surface area contributed by atoms with Gasteiger partial charge in [-0.3, -0.25) is 19.3 Å². The second-order valence-electron chi connectivity index (χ2n) is 5.23. The fourth-order valence-corrected chi connectivity index (χ4v) is 1.90. The number of carbonyl (C=O) groups is 3. The molecule has 3 amide bonds. The lowest BCUT2D eigenvalue weighted by Gasteiger charge is -2.21. The molecule has 0 spiro atoms. The van der Waals surface area contributed by atoms with Crippen LogP contribution >= 0.6 is 0 Å². The van der Waals surface area contributed by atoms with E-state index in [1.807, 2.05) is 13.8 Å². The molecule has 0 aliphatic heterocycles. The summed E-state index contributed by atoms with van der Waals surface area (Å²) in [5.41, 5.74) is 5.28. The van der Waals surface area contributed by atoms with Crippen LogP contribution in [0.1, 0.15) is 20.3 Å². The normalized spacial score (nSPS) is 11.8. The van der Waals surface area contributed by atoms with Crippen LogP contribution in [0.25, 0.3) is 0 Å². The summed E-state index contributed by atoms with van der Waals surface area (Å²) in [5, 5.41) is 2.54. The molecule has 0 fully saturated rings. The molecule has 0 aliphatic rings. The lowest BCUT2D eigenvalue weighted by Crippen LogP contribution is -2.49. The zero-order valence-corrected chi connectivity index (χ0v) is 12.7. The van der Waals surface area contributed by atoms with Gasteiger partial charge in [0.25, 0.3) is 5.91 Å². The van der Waals surface area contributed by atoms with Gasteiger partial charge in [0, 0.05) is 6.07 Å². The van der Waals surface area contributed by atoms with E-state index >= 15 is 0 Å². The molecule has 7 nitrogen and oxygen atoms in total. The van der Waals surface area contributed by atoms with Gasteiger partial charge in [0.15, 0.2) is 0 Å². The monoisotopic (exact) mass is 307 g/mol. The van der Waals surface area contributed by atoms with Gasteiger partial charge in [-0.25, -0.2) is 0 Å². The van der Waals surface area contributed by atoms with E-state index in [4.69, 9.17) is 10.2 Å². The molecule has 7 heteroatoms. The Labute approximate surface area is 129 Å². The van der Waals surface area contributed by atoms with Crippen molar-refractivity contribution in [2.24, 2.45) is 11.7 Å². The fraction of sp³-hybridized carbons (Fsp3) is 0.400. The van der Waals surface area contributed by atoms with Crippen LogP contribution in [0, 0.1) is 5.92 Å². The van der Waals surface area contributed by atoms with Crippen molar-refractivity contribution in [2.45, 2.75) is 26.3 Å². The van der Waals surface area contributed by atoms with Gasteiger partial charge >= 0.3 is 0 Å². The number of amides is 3. The summed E-state index contributed by atoms with van der Waals surface area (Å²) >= 11 is 0. The average Bonchev–Trinajstić information content (AvgIpc) is 2.96. The van der Waals surface area contributed by atoms with Gasteiger partial charge in [-0.2, -0.15) is 0 Å². The Morgan fingerprint density at radius 2 is 2.14 bits per heavy atom. The van der Waals surface area contributed by atoms with Crippen LogP contribution in [0.2, 0.25) is 0 Å². The molecule has 0 aromatic carbocycles. The molecule has 1 aromatic rings. The zero-order chi connectivity index (χ0) is 16.7. The quantitative estimate of drug-likeness (QED) is 0.693. The van der Waals surface area contributed by atoms with Gasteiger partial charge in [0.2, 0.25) is 17.7 Å². The molecule has 1 atom stereocenters. The SMILES string of the molecule is C=CC(=O)N(CC(=O)N[C@@H](CC(C)C)C(N)=O)c1ccco1. The fourth-order valence-electron chi connectivity index (χ4n) is 1.90. The topological polar surface area (TPSA) is 106 Å². The number of nitrogens with two attached hydrogens (primary N) is 1. The average molecular weight is 307 g/mol. The van der Waals surface area contributed by atoms with Crippen molar-refractivity contribution in [2.75, 3.05) is 11.4 Å². The van der Waals surface area contributed by atoms with Gasteiger partial charge in [-0.15, -0.1) is 0 Å². The van der Waals surface area contributed by atoms with E-state index in [1.54, 1.807) is 12.1 Å². The van der Waals surface area contributed by atoms with Crippen molar-refractivity contribution < 1.29 is 18.8 Å². The Morgan fingerprint density at radius 3 is 2.59 bits per heavy atom. The first-order valence-electron chi connectivity index (χ1n) is 6.91. The van der Waals surface area contributed by atoms with Crippen molar-refractivity contribution in [1.29, 1.82) is 0 Å². The molecule has 0 radical (unpaired) electrons. The number of rotatable bonds is 8. The molecular formula is C15H21N3O4. The van der Waals surface area contributed by atoms with E-state index in [9.17, 15) is 14.4 Å². The first-order valence-corrected chi connectivity index (χ1v) is 6.91. The Kier molecular flexibility index (Phi) is 6.37. The molecular weight excluding hydrogens is 286 g/mol. The third-order valence-corrected chi connectivity index (χ3v) is 2.90. The Balaban J connectivity index is 2.76. The number of anilines is 1. The molecule has 0 bridgehead atoms. The van der Waals surface area contributed by atoms with E-state index in [1.165, 1.54) is 6.26 Å². The van der Waals surface area contributed by atoms with E-state index in [2.05, 4.69) is 11.9 Å². The smallest absolute Gasteiger partial charge is 0.253 e. The van der Waals surface area contributed by atoms with E-state index < -0.39 is 23.8 Å². The number of hydrogen-bond donors (Lipinski definition) is 2. The standard InChI is InChI=1S/C15H21N3O4/c1-4-13(20)18(14-6-5-7-22-14)9-12(19)17-11(15(16)21)8-10(2)3/h4-7,10-11H,1,8-9H2,2-3H3,(H2,16,21)(H,17,19)/t11-/m0/s1. The molecule has 0 saturated carbocycles. The Morgan fingerprint density at radius 1 is 1.45 bits per heavy atom. The van der Waals surface area contributed by atoms with Crippen LogP contribution in [0.5, 0.6) is 0 Å². The highest BCUT2D eigenvalue weighted by Crippen LogP contribution is 2.14. The maximum absolute atomic E-state index is 12.1. The van der Waals surface area contributed by atoms with E-state index in [0.717, 1.165) is 11.0 Å². The third-order valence-electron chi connectivity index (χ3n) is 2.90. The van der Waals surface area contributed by atoms with E-state index in [-0.39, 0.29) is 18.3 Å². The van der Waals surface area contributed by atoms with Crippen LogP contribution < -0.4 is 16.0 Å². The summed E-state index contributed by atoms with van der Waals surface area (Å²) in [4.78, 5) is 36.4. The molecule has 1 aromatic heterocycles. The molecule has 120 valence electrons. The molecule has 22 heavy (non-hydrogen) atoms. The van der Waals surface area contributed by atoms with Gasteiger partial charge < -0.3 is 15.5 Å². The molecule has 1 rings (SSSR count). The van der Waals surface area contributed by atoms with Crippen LogP contribution in [-0.2, 0) is 14.4 Å².